The Labute approximate surface area is 159 Å². The van der Waals surface area contributed by atoms with Crippen molar-refractivity contribution in [2.24, 2.45) is 0 Å². The molecule has 2 aromatic rings. The van der Waals surface area contributed by atoms with Crippen LogP contribution < -0.4 is 10.6 Å². The van der Waals surface area contributed by atoms with E-state index in [-0.39, 0.29) is 18.0 Å². The smallest absolute Gasteiger partial charge is 0.317 e. The molecule has 1 aliphatic heterocycles. The molecule has 0 saturated carbocycles. The summed E-state index contributed by atoms with van der Waals surface area (Å²) in [6.07, 6.45) is 9.36. The summed E-state index contributed by atoms with van der Waals surface area (Å²) >= 11 is 0. The molecule has 2 N–H and O–H groups in total. The van der Waals surface area contributed by atoms with E-state index in [0.717, 1.165) is 30.5 Å². The van der Waals surface area contributed by atoms with Crippen molar-refractivity contribution in [3.63, 3.8) is 0 Å². The van der Waals surface area contributed by atoms with Crippen LogP contribution in [0.25, 0.3) is 0 Å². The molecule has 0 radical (unpaired) electrons. The van der Waals surface area contributed by atoms with Gasteiger partial charge in [-0.25, -0.2) is 4.79 Å². The highest BCUT2D eigenvalue weighted by atomic mass is 16.2. The summed E-state index contributed by atoms with van der Waals surface area (Å²) in [6, 6.07) is 3.68. The van der Waals surface area contributed by atoms with Gasteiger partial charge >= 0.3 is 6.03 Å². The average molecular weight is 370 g/mol. The average Bonchev–Trinajstić information content (AvgIpc) is 3.27. The maximum Gasteiger partial charge on any atom is 0.317 e. The summed E-state index contributed by atoms with van der Waals surface area (Å²) in [7, 11) is 0. The zero-order valence-electron chi connectivity index (χ0n) is 15.6. The number of carbonyl (C=O) groups is 2. The second-order valence-corrected chi connectivity index (χ2v) is 6.91. The van der Waals surface area contributed by atoms with Crippen LogP contribution in [0.15, 0.2) is 36.9 Å². The van der Waals surface area contributed by atoms with E-state index in [1.54, 1.807) is 17.3 Å². The first-order valence-corrected chi connectivity index (χ1v) is 9.30. The number of amides is 3. The Kier molecular flexibility index (Phi) is 6.40. The molecule has 1 atom stereocenters. The van der Waals surface area contributed by atoms with Gasteiger partial charge in [0.25, 0.3) is 0 Å². The van der Waals surface area contributed by atoms with Crippen molar-refractivity contribution >= 4 is 11.9 Å². The quantitative estimate of drug-likeness (QED) is 0.688. The van der Waals surface area contributed by atoms with E-state index in [1.807, 2.05) is 36.1 Å². The molecule has 27 heavy (non-hydrogen) atoms. The number of nitrogens with one attached hydrogen (secondary N) is 2. The lowest BCUT2D eigenvalue weighted by atomic mass is 10.2. The van der Waals surface area contributed by atoms with Gasteiger partial charge in [0.1, 0.15) is 0 Å². The Balaban J connectivity index is 1.51. The van der Waals surface area contributed by atoms with Crippen molar-refractivity contribution in [1.82, 2.24) is 30.3 Å². The Morgan fingerprint density at radius 2 is 2.33 bits per heavy atom. The fourth-order valence-corrected chi connectivity index (χ4v) is 3.15. The topological polar surface area (TPSA) is 92.2 Å². The second kappa shape index (κ2) is 9.16. The number of rotatable bonds is 8. The number of hydrogen-bond acceptors (Lipinski definition) is 4. The van der Waals surface area contributed by atoms with Crippen LogP contribution in [0.4, 0.5) is 4.79 Å². The van der Waals surface area contributed by atoms with Gasteiger partial charge < -0.3 is 15.5 Å². The summed E-state index contributed by atoms with van der Waals surface area (Å²) in [5.41, 5.74) is 2.09. The highest BCUT2D eigenvalue weighted by Crippen LogP contribution is 2.11. The summed E-state index contributed by atoms with van der Waals surface area (Å²) in [5, 5.41) is 10.2. The number of carbonyl (C=O) groups excluding carboxylic acids is 2. The fraction of sp³-hybridized carbons (Fsp3) is 0.474. The van der Waals surface area contributed by atoms with Crippen LogP contribution in [0.3, 0.4) is 0 Å². The van der Waals surface area contributed by atoms with E-state index in [2.05, 4.69) is 20.7 Å². The maximum atomic E-state index is 12.7. The molecule has 1 aliphatic rings. The zero-order valence-corrected chi connectivity index (χ0v) is 15.6. The molecule has 2 aromatic heterocycles. The minimum Gasteiger partial charge on any atom is -0.352 e. The highest BCUT2D eigenvalue weighted by molar-refractivity contribution is 5.79. The lowest BCUT2D eigenvalue weighted by Gasteiger charge is -2.26. The monoisotopic (exact) mass is 370 g/mol. The van der Waals surface area contributed by atoms with Gasteiger partial charge in [-0.05, 0) is 37.0 Å². The molecule has 0 aliphatic carbocycles. The van der Waals surface area contributed by atoms with E-state index in [0.29, 0.717) is 26.1 Å². The Hall–Kier alpha value is -2.90. The number of nitrogens with zero attached hydrogens (tertiary/aromatic N) is 4. The molecule has 1 saturated heterocycles. The van der Waals surface area contributed by atoms with Crippen LogP contribution in [0, 0.1) is 6.92 Å². The van der Waals surface area contributed by atoms with Gasteiger partial charge in [0.05, 0.1) is 6.20 Å². The van der Waals surface area contributed by atoms with Crippen LogP contribution in [-0.2, 0) is 17.9 Å². The molecule has 0 aromatic carbocycles. The maximum absolute atomic E-state index is 12.7. The summed E-state index contributed by atoms with van der Waals surface area (Å²) in [6.45, 7) is 4.28. The second-order valence-electron chi connectivity index (χ2n) is 6.91. The predicted molar refractivity (Wildman–Crippen MR) is 101 cm³/mol. The number of aryl methyl sites for hydroxylation is 2. The number of urea groups is 1. The van der Waals surface area contributed by atoms with Crippen molar-refractivity contribution in [3.05, 3.63) is 48.0 Å². The van der Waals surface area contributed by atoms with Crippen LogP contribution in [-0.4, -0.2) is 50.7 Å². The molecular weight excluding hydrogens is 344 g/mol. The van der Waals surface area contributed by atoms with Crippen LogP contribution in [0.2, 0.25) is 0 Å². The van der Waals surface area contributed by atoms with Crippen LogP contribution in [0.5, 0.6) is 0 Å². The third-order valence-corrected chi connectivity index (χ3v) is 4.51. The zero-order chi connectivity index (χ0) is 19.1. The Morgan fingerprint density at radius 1 is 1.44 bits per heavy atom. The predicted octanol–water partition coefficient (Wildman–Crippen LogP) is 1.47. The molecular formula is C19H26N6O2. The molecule has 0 unspecified atom stereocenters. The summed E-state index contributed by atoms with van der Waals surface area (Å²) < 4.78 is 1.88. The normalized spacial score (nSPS) is 16.2. The number of pyridine rings is 1. The van der Waals surface area contributed by atoms with Crippen molar-refractivity contribution in [1.29, 1.82) is 0 Å². The van der Waals surface area contributed by atoms with Gasteiger partial charge in [0.2, 0.25) is 5.91 Å². The fourth-order valence-electron chi connectivity index (χ4n) is 3.15. The van der Waals surface area contributed by atoms with Crippen LogP contribution >= 0.6 is 0 Å². The first kappa shape index (κ1) is 18.9. The first-order valence-electron chi connectivity index (χ1n) is 9.30. The van der Waals surface area contributed by atoms with Crippen molar-refractivity contribution < 1.29 is 9.59 Å². The van der Waals surface area contributed by atoms with Gasteiger partial charge in [0, 0.05) is 57.2 Å². The van der Waals surface area contributed by atoms with Crippen molar-refractivity contribution in [3.8, 4) is 0 Å². The van der Waals surface area contributed by atoms with Gasteiger partial charge in [-0.15, -0.1) is 0 Å². The molecule has 8 heteroatoms. The summed E-state index contributed by atoms with van der Waals surface area (Å²) in [5.74, 6) is 0.0521. The first-order chi connectivity index (χ1) is 13.1. The van der Waals surface area contributed by atoms with Crippen molar-refractivity contribution in [2.45, 2.75) is 45.3 Å². The molecule has 144 valence electrons. The van der Waals surface area contributed by atoms with Gasteiger partial charge in [0.15, 0.2) is 0 Å². The molecule has 8 nitrogen and oxygen atoms in total. The van der Waals surface area contributed by atoms with Gasteiger partial charge in [-0.3, -0.25) is 14.5 Å². The summed E-state index contributed by atoms with van der Waals surface area (Å²) in [4.78, 5) is 30.0. The van der Waals surface area contributed by atoms with E-state index in [9.17, 15) is 9.59 Å². The number of hydrogen-bond donors (Lipinski definition) is 2. The number of aromatic nitrogens is 3. The highest BCUT2D eigenvalue weighted by Gasteiger charge is 2.25. The van der Waals surface area contributed by atoms with E-state index in [1.165, 1.54) is 0 Å². The Morgan fingerprint density at radius 3 is 3.00 bits per heavy atom. The molecule has 3 heterocycles. The van der Waals surface area contributed by atoms with Gasteiger partial charge in [-0.2, -0.15) is 5.10 Å². The van der Waals surface area contributed by atoms with E-state index >= 15 is 0 Å². The molecule has 0 bridgehead atoms. The molecule has 0 spiro atoms. The SMILES string of the molecule is Cc1cnn(CCCNC(=O)N(Cc2cccnc2)C[C@@H]2CCC(=O)N2)c1. The lowest BCUT2D eigenvalue weighted by Crippen LogP contribution is -2.46. The van der Waals surface area contributed by atoms with Gasteiger partial charge in [-0.1, -0.05) is 6.07 Å². The molecule has 3 rings (SSSR count). The largest absolute Gasteiger partial charge is 0.352 e. The third-order valence-electron chi connectivity index (χ3n) is 4.51. The van der Waals surface area contributed by atoms with Crippen molar-refractivity contribution in [2.75, 3.05) is 13.1 Å². The van der Waals surface area contributed by atoms with E-state index in [4.69, 9.17) is 0 Å². The van der Waals surface area contributed by atoms with Crippen LogP contribution in [0.1, 0.15) is 30.4 Å². The molecule has 1 fully saturated rings. The van der Waals surface area contributed by atoms with E-state index < -0.39 is 0 Å². The minimum atomic E-state index is -0.128. The Bertz CT molecular complexity index is 761. The standard InChI is InChI=1S/C19H26N6O2/c1-15-10-22-25(12-15)9-3-8-21-19(27)24(13-16-4-2-7-20-11-16)14-17-5-6-18(26)23-17/h2,4,7,10-12,17H,3,5-6,8-9,13-14H2,1H3,(H,21,27)(H,23,26)/t17-/m0/s1. The third kappa shape index (κ3) is 5.80. The lowest BCUT2D eigenvalue weighted by molar-refractivity contribution is -0.119. The minimum absolute atomic E-state index is 0.00645. The molecule has 3 amide bonds.